The molecule has 0 saturated carbocycles. The number of likely N-dealkylation sites (tertiary alicyclic amines) is 1. The summed E-state index contributed by atoms with van der Waals surface area (Å²) in [7, 11) is -2.49. The van der Waals surface area contributed by atoms with Crippen molar-refractivity contribution in [2.45, 2.75) is 62.0 Å². The molecule has 4 rings (SSSR count). The summed E-state index contributed by atoms with van der Waals surface area (Å²) in [5.41, 5.74) is 4.77. The van der Waals surface area contributed by atoms with Gasteiger partial charge in [-0.1, -0.05) is 37.6 Å². The molecule has 2 aromatic carbocycles. The molecular weight excluding hydrogens is 558 g/mol. The normalized spacial score (nSPS) is 15.4. The minimum atomic E-state index is -4.09. The summed E-state index contributed by atoms with van der Waals surface area (Å²) in [6.45, 7) is 6.42. The molecule has 0 spiro atoms. The third kappa shape index (κ3) is 7.03. The van der Waals surface area contributed by atoms with Crippen molar-refractivity contribution in [3.63, 3.8) is 0 Å². The van der Waals surface area contributed by atoms with Crippen LogP contribution in [0.1, 0.15) is 49.8 Å². The van der Waals surface area contributed by atoms with Crippen LogP contribution in [0.15, 0.2) is 57.8 Å². The zero-order chi connectivity index (χ0) is 30.2. The summed E-state index contributed by atoms with van der Waals surface area (Å²) >= 11 is 0. The van der Waals surface area contributed by atoms with E-state index >= 15 is 0 Å². The molecule has 1 aliphatic rings. The number of piperidine rings is 1. The number of hydrogen-bond acceptors (Lipinski definition) is 9. The lowest BCUT2D eigenvalue weighted by Crippen LogP contribution is -2.57. The molecule has 3 aromatic rings. The van der Waals surface area contributed by atoms with Gasteiger partial charge >= 0.3 is 0 Å². The molecule has 1 saturated heterocycles. The van der Waals surface area contributed by atoms with Crippen LogP contribution in [0.3, 0.4) is 0 Å². The molecule has 1 fully saturated rings. The first-order valence-electron chi connectivity index (χ1n) is 14.4. The van der Waals surface area contributed by atoms with Gasteiger partial charge in [-0.3, -0.25) is 10.0 Å². The van der Waals surface area contributed by atoms with Crippen LogP contribution in [0, 0.1) is 6.92 Å². The maximum Gasteiger partial charge on any atom is 0.265 e. The van der Waals surface area contributed by atoms with Crippen LogP contribution in [0.5, 0.6) is 5.75 Å². The molecule has 2 heterocycles. The number of aromatic nitrogens is 1. The number of rotatable bonds is 14. The van der Waals surface area contributed by atoms with Crippen LogP contribution in [0.4, 0.5) is 0 Å². The van der Waals surface area contributed by atoms with E-state index < -0.39 is 20.5 Å². The van der Waals surface area contributed by atoms with E-state index in [1.165, 1.54) is 17.7 Å². The number of oxazole rings is 1. The fraction of sp³-hybridized carbons (Fsp3) is 0.484. The van der Waals surface area contributed by atoms with Crippen LogP contribution in [-0.4, -0.2) is 74.1 Å². The Labute approximate surface area is 247 Å². The minimum Gasteiger partial charge on any atom is -0.494 e. The zero-order valence-electron chi connectivity index (χ0n) is 24.6. The third-order valence-electron chi connectivity index (χ3n) is 7.85. The molecule has 1 aliphatic heterocycles. The summed E-state index contributed by atoms with van der Waals surface area (Å²) in [4.78, 5) is 19.4. The zero-order valence-corrected chi connectivity index (χ0v) is 25.4. The van der Waals surface area contributed by atoms with Crippen molar-refractivity contribution in [3.05, 3.63) is 65.7 Å². The van der Waals surface area contributed by atoms with Gasteiger partial charge in [-0.15, -0.1) is 0 Å². The largest absolute Gasteiger partial charge is 0.494 e. The number of hydroxylamine groups is 1. The van der Waals surface area contributed by atoms with Crippen molar-refractivity contribution in [3.8, 4) is 17.0 Å². The van der Waals surface area contributed by atoms with Gasteiger partial charge in [0.25, 0.3) is 5.91 Å². The molecule has 0 atom stereocenters. The Morgan fingerprint density at radius 3 is 2.38 bits per heavy atom. The fourth-order valence-corrected chi connectivity index (χ4v) is 7.33. The Hall–Kier alpha value is -3.25. The number of hydrogen-bond donors (Lipinski definition) is 2. The minimum absolute atomic E-state index is 0.00862. The van der Waals surface area contributed by atoms with E-state index in [1.807, 2.05) is 11.8 Å². The van der Waals surface area contributed by atoms with Crippen LogP contribution in [-0.2, 0) is 32.2 Å². The van der Waals surface area contributed by atoms with Gasteiger partial charge in [0.1, 0.15) is 17.2 Å². The van der Waals surface area contributed by atoms with E-state index in [0.717, 1.165) is 29.9 Å². The second-order valence-corrected chi connectivity index (χ2v) is 12.9. The number of methoxy groups -OCH3 is 1. The highest BCUT2D eigenvalue weighted by Gasteiger charge is 2.52. The maximum absolute atomic E-state index is 13.7. The lowest BCUT2D eigenvalue weighted by molar-refractivity contribution is -0.133. The van der Waals surface area contributed by atoms with Crippen LogP contribution in [0.25, 0.3) is 11.3 Å². The van der Waals surface area contributed by atoms with E-state index in [4.69, 9.17) is 13.9 Å². The van der Waals surface area contributed by atoms with Crippen molar-refractivity contribution in [1.82, 2.24) is 15.4 Å². The van der Waals surface area contributed by atoms with E-state index in [1.54, 1.807) is 24.7 Å². The molecule has 1 aromatic heterocycles. The predicted octanol–water partition coefficient (Wildman–Crippen LogP) is 4.37. The van der Waals surface area contributed by atoms with Gasteiger partial charge in [-0.25, -0.2) is 18.9 Å². The number of nitrogens with one attached hydrogen (secondary N) is 1. The lowest BCUT2D eigenvalue weighted by atomic mass is 9.95. The van der Waals surface area contributed by atoms with Gasteiger partial charge in [0.2, 0.25) is 0 Å². The monoisotopic (exact) mass is 599 g/mol. The number of benzene rings is 2. The molecule has 2 N–H and O–H groups in total. The van der Waals surface area contributed by atoms with Gasteiger partial charge in [0.05, 0.1) is 18.1 Å². The van der Waals surface area contributed by atoms with E-state index in [-0.39, 0.29) is 17.7 Å². The molecule has 228 valence electrons. The topological polar surface area (TPSA) is 131 Å². The molecule has 11 heteroatoms. The van der Waals surface area contributed by atoms with Gasteiger partial charge in [0, 0.05) is 38.7 Å². The van der Waals surface area contributed by atoms with Gasteiger partial charge in [-0.2, -0.15) is 0 Å². The summed E-state index contributed by atoms with van der Waals surface area (Å²) < 4.78 is 42.4. The number of ether oxygens (including phenoxy) is 2. The van der Waals surface area contributed by atoms with E-state index in [9.17, 15) is 18.4 Å². The maximum atomic E-state index is 13.7. The van der Waals surface area contributed by atoms with Crippen molar-refractivity contribution in [2.75, 3.05) is 40.0 Å². The van der Waals surface area contributed by atoms with Crippen molar-refractivity contribution in [1.29, 1.82) is 0 Å². The standard InChI is InChI=1S/C31H41N3O7S/c1-4-6-24-8-10-25(11-9-24)29-23(2)41-28(32-29)7-5-21-40-26-12-14-27(15-13-26)42(37,38)31(30(35)33-36)16-18-34(19-17-31)20-22-39-3/h8-15,36H,4-7,16-22H2,1-3H3,(H,33,35). The first kappa shape index (κ1) is 31.7. The van der Waals surface area contributed by atoms with Crippen molar-refractivity contribution < 1.29 is 32.3 Å². The second kappa shape index (κ2) is 14.3. The summed E-state index contributed by atoms with van der Waals surface area (Å²) in [6, 6.07) is 14.5. The first-order chi connectivity index (χ1) is 20.2. The van der Waals surface area contributed by atoms with Gasteiger partial charge < -0.3 is 18.8 Å². The highest BCUT2D eigenvalue weighted by molar-refractivity contribution is 7.93. The molecule has 0 unspecified atom stereocenters. The molecule has 0 aliphatic carbocycles. The highest BCUT2D eigenvalue weighted by atomic mass is 32.2. The third-order valence-corrected chi connectivity index (χ3v) is 10.4. The molecule has 10 nitrogen and oxygen atoms in total. The summed E-state index contributed by atoms with van der Waals surface area (Å²) in [6.07, 6.45) is 3.55. The second-order valence-electron chi connectivity index (χ2n) is 10.7. The fourth-order valence-electron chi connectivity index (χ4n) is 5.38. The highest BCUT2D eigenvalue weighted by Crippen LogP contribution is 2.36. The number of carbonyl (C=O) groups excluding carboxylic acids is 1. The van der Waals surface area contributed by atoms with Crippen molar-refractivity contribution >= 4 is 15.7 Å². The number of amides is 1. The summed E-state index contributed by atoms with van der Waals surface area (Å²) in [5, 5.41) is 9.39. The Morgan fingerprint density at radius 1 is 1.07 bits per heavy atom. The van der Waals surface area contributed by atoms with Gasteiger partial charge in [0.15, 0.2) is 20.5 Å². The van der Waals surface area contributed by atoms with Crippen LogP contribution < -0.4 is 10.2 Å². The Bertz CT molecular complexity index is 1410. The van der Waals surface area contributed by atoms with Crippen LogP contribution in [0.2, 0.25) is 0 Å². The predicted molar refractivity (Wildman–Crippen MR) is 158 cm³/mol. The first-order valence-corrected chi connectivity index (χ1v) is 15.9. The molecule has 0 radical (unpaired) electrons. The molecule has 1 amide bonds. The van der Waals surface area contributed by atoms with E-state index in [0.29, 0.717) is 57.3 Å². The molecule has 0 bridgehead atoms. The molecule has 42 heavy (non-hydrogen) atoms. The smallest absolute Gasteiger partial charge is 0.265 e. The lowest BCUT2D eigenvalue weighted by Gasteiger charge is -2.39. The average molecular weight is 600 g/mol. The quantitative estimate of drug-likeness (QED) is 0.157. The Kier molecular flexibility index (Phi) is 10.8. The SMILES string of the molecule is CCCc1ccc(-c2nc(CCCOc3ccc(S(=O)(=O)C4(C(=O)NO)CCN(CCOC)CC4)cc3)oc2C)cc1. The Balaban J connectivity index is 1.33. The van der Waals surface area contributed by atoms with Crippen LogP contribution >= 0.6 is 0 Å². The van der Waals surface area contributed by atoms with Gasteiger partial charge in [-0.05, 0) is 62.4 Å². The number of carbonyl (C=O) groups is 1. The average Bonchev–Trinajstić information content (AvgIpc) is 3.38. The van der Waals surface area contributed by atoms with E-state index in [2.05, 4.69) is 36.2 Å². The number of aryl methyl sites for hydroxylation is 3. The molecular formula is C31H41N3O7S. The Morgan fingerprint density at radius 2 is 1.76 bits per heavy atom. The number of sulfone groups is 1. The summed E-state index contributed by atoms with van der Waals surface area (Å²) in [5.74, 6) is 1.03. The van der Waals surface area contributed by atoms with Crippen molar-refractivity contribution in [2.24, 2.45) is 0 Å². The number of nitrogens with zero attached hydrogens (tertiary/aromatic N) is 2.